The molecule has 3 heteroatoms. The van der Waals surface area contributed by atoms with Crippen LogP contribution in [-0.4, -0.2) is 11.9 Å². The molecule has 1 fully saturated rings. The highest BCUT2D eigenvalue weighted by Gasteiger charge is 2.41. The first kappa shape index (κ1) is 17.9. The average molecular weight is 294 g/mol. The minimum Gasteiger partial charge on any atom is -0.393 e. The summed E-state index contributed by atoms with van der Waals surface area (Å²) in [6.07, 6.45) is 1.71. The Morgan fingerprint density at radius 3 is 2.05 bits per heavy atom. The topological polar surface area (TPSA) is 43.4 Å². The Kier molecular flexibility index (Phi) is 4.77. The van der Waals surface area contributed by atoms with Crippen LogP contribution in [0.4, 0.5) is 0 Å². The second-order valence-corrected chi connectivity index (χ2v) is 8.70. The van der Waals surface area contributed by atoms with Crippen molar-refractivity contribution >= 4 is 11.9 Å². The third-order valence-corrected chi connectivity index (χ3v) is 5.32. The van der Waals surface area contributed by atoms with E-state index in [-0.39, 0.29) is 28.6 Å². The number of hydrogen-bond donors (Lipinski definition) is 0. The van der Waals surface area contributed by atoms with Crippen molar-refractivity contribution in [3.05, 3.63) is 12.2 Å². The number of allylic oxidation sites excluding steroid dienone is 1. The van der Waals surface area contributed by atoms with Gasteiger partial charge < -0.3 is 4.74 Å². The first-order valence-electron chi connectivity index (χ1n) is 7.69. The Morgan fingerprint density at radius 1 is 1.14 bits per heavy atom. The predicted octanol–water partition coefficient (Wildman–Crippen LogP) is 4.51. The standard InChI is InChI=1S/C18H30O3/c1-12(9-13-10-14(19)21-15(13)20)17(5,6)11-18(7,8)16(2,3)4/h13H,1,9-11H2,2-8H3. The number of rotatable bonds is 5. The summed E-state index contributed by atoms with van der Waals surface area (Å²) in [7, 11) is 0. The SMILES string of the molecule is C=C(CC1CC(=O)OC1=O)C(C)(C)CC(C)(C)C(C)(C)C. The predicted molar refractivity (Wildman–Crippen MR) is 84.6 cm³/mol. The molecule has 0 radical (unpaired) electrons. The maximum atomic E-state index is 11.6. The fourth-order valence-electron chi connectivity index (χ4n) is 2.75. The molecule has 0 N–H and O–H groups in total. The molecule has 0 aromatic carbocycles. The Morgan fingerprint density at radius 2 is 1.67 bits per heavy atom. The third kappa shape index (κ3) is 4.18. The maximum Gasteiger partial charge on any atom is 0.317 e. The monoisotopic (exact) mass is 294 g/mol. The van der Waals surface area contributed by atoms with E-state index in [2.05, 4.69) is 59.8 Å². The van der Waals surface area contributed by atoms with E-state index in [0.29, 0.717) is 6.42 Å². The van der Waals surface area contributed by atoms with Crippen LogP contribution in [0.15, 0.2) is 12.2 Å². The Hall–Kier alpha value is -1.12. The number of ether oxygens (including phenoxy) is 1. The van der Waals surface area contributed by atoms with Gasteiger partial charge in [0.15, 0.2) is 0 Å². The summed E-state index contributed by atoms with van der Waals surface area (Å²) < 4.78 is 4.62. The molecule has 3 nitrogen and oxygen atoms in total. The summed E-state index contributed by atoms with van der Waals surface area (Å²) in [5.74, 6) is -1.15. The zero-order valence-electron chi connectivity index (χ0n) is 14.6. The van der Waals surface area contributed by atoms with Gasteiger partial charge in [0.05, 0.1) is 12.3 Å². The zero-order valence-corrected chi connectivity index (χ0v) is 14.6. The number of cyclic esters (lactones) is 2. The second-order valence-electron chi connectivity index (χ2n) is 8.70. The van der Waals surface area contributed by atoms with Crippen LogP contribution in [0, 0.1) is 22.2 Å². The molecule has 1 heterocycles. The molecule has 1 saturated heterocycles. The van der Waals surface area contributed by atoms with Crippen LogP contribution in [0.5, 0.6) is 0 Å². The van der Waals surface area contributed by atoms with Crippen LogP contribution >= 0.6 is 0 Å². The van der Waals surface area contributed by atoms with Crippen LogP contribution in [0.3, 0.4) is 0 Å². The Balaban J connectivity index is 2.76. The molecule has 21 heavy (non-hydrogen) atoms. The molecule has 1 aliphatic rings. The van der Waals surface area contributed by atoms with Gasteiger partial charge in [0.2, 0.25) is 0 Å². The quantitative estimate of drug-likeness (QED) is 0.425. The number of carbonyl (C=O) groups is 2. The Bertz CT molecular complexity index is 450. The molecule has 0 bridgehead atoms. The van der Waals surface area contributed by atoms with Gasteiger partial charge in [-0.15, -0.1) is 0 Å². The first-order chi connectivity index (χ1) is 9.26. The average Bonchev–Trinajstić information content (AvgIpc) is 2.54. The molecule has 0 aromatic heterocycles. The van der Waals surface area contributed by atoms with Crippen molar-refractivity contribution < 1.29 is 14.3 Å². The number of hydrogen-bond acceptors (Lipinski definition) is 3. The highest BCUT2D eigenvalue weighted by atomic mass is 16.6. The van der Waals surface area contributed by atoms with Gasteiger partial charge in [0, 0.05) is 0 Å². The highest BCUT2D eigenvalue weighted by Crippen LogP contribution is 2.49. The van der Waals surface area contributed by atoms with Gasteiger partial charge in [-0.2, -0.15) is 0 Å². The summed E-state index contributed by atoms with van der Waals surface area (Å²) in [4.78, 5) is 22.8. The van der Waals surface area contributed by atoms with Crippen LogP contribution in [0.2, 0.25) is 0 Å². The van der Waals surface area contributed by atoms with Gasteiger partial charge in [-0.3, -0.25) is 9.59 Å². The molecule has 1 rings (SSSR count). The van der Waals surface area contributed by atoms with Crippen molar-refractivity contribution in [3.8, 4) is 0 Å². The summed E-state index contributed by atoms with van der Waals surface area (Å²) in [6, 6.07) is 0. The molecule has 120 valence electrons. The lowest BCUT2D eigenvalue weighted by Crippen LogP contribution is -2.35. The van der Waals surface area contributed by atoms with Crippen LogP contribution in [0.1, 0.15) is 67.7 Å². The molecule has 1 unspecified atom stereocenters. The molecule has 1 atom stereocenters. The Labute approximate surface area is 129 Å². The van der Waals surface area contributed by atoms with Gasteiger partial charge in [0.25, 0.3) is 0 Å². The van der Waals surface area contributed by atoms with Crippen LogP contribution < -0.4 is 0 Å². The summed E-state index contributed by atoms with van der Waals surface area (Å²) in [6.45, 7) is 19.8. The van der Waals surface area contributed by atoms with E-state index in [1.54, 1.807) is 0 Å². The summed E-state index contributed by atoms with van der Waals surface area (Å²) in [5.41, 5.74) is 1.28. The lowest BCUT2D eigenvalue weighted by atomic mass is 9.60. The van der Waals surface area contributed by atoms with Crippen molar-refractivity contribution in [2.75, 3.05) is 0 Å². The molecule has 0 aromatic rings. The van der Waals surface area contributed by atoms with E-state index in [1.165, 1.54) is 0 Å². The van der Waals surface area contributed by atoms with E-state index in [9.17, 15) is 9.59 Å². The lowest BCUT2D eigenvalue weighted by Gasteiger charge is -2.45. The molecule has 0 saturated carbocycles. The third-order valence-electron chi connectivity index (χ3n) is 5.32. The molecular weight excluding hydrogens is 264 g/mol. The first-order valence-corrected chi connectivity index (χ1v) is 7.69. The van der Waals surface area contributed by atoms with Crippen molar-refractivity contribution in [2.45, 2.75) is 67.7 Å². The summed E-state index contributed by atoms with van der Waals surface area (Å²) >= 11 is 0. The van der Waals surface area contributed by atoms with Crippen LogP contribution in [0.25, 0.3) is 0 Å². The smallest absolute Gasteiger partial charge is 0.317 e. The van der Waals surface area contributed by atoms with Gasteiger partial charge in [0.1, 0.15) is 0 Å². The fourth-order valence-corrected chi connectivity index (χ4v) is 2.75. The lowest BCUT2D eigenvalue weighted by molar-refractivity contribution is -0.153. The second kappa shape index (κ2) is 5.58. The van der Waals surface area contributed by atoms with Crippen molar-refractivity contribution in [1.82, 2.24) is 0 Å². The zero-order chi connectivity index (χ0) is 16.6. The molecule has 0 amide bonds. The van der Waals surface area contributed by atoms with E-state index >= 15 is 0 Å². The van der Waals surface area contributed by atoms with Gasteiger partial charge in [-0.05, 0) is 29.1 Å². The van der Waals surface area contributed by atoms with Crippen LogP contribution in [-0.2, 0) is 14.3 Å². The van der Waals surface area contributed by atoms with Gasteiger partial charge in [-0.1, -0.05) is 60.6 Å². The van der Waals surface area contributed by atoms with E-state index in [1.807, 2.05) is 0 Å². The molecular formula is C18H30O3. The minimum absolute atomic E-state index is 0.0807. The van der Waals surface area contributed by atoms with E-state index in [0.717, 1.165) is 12.0 Å². The molecule has 0 aliphatic carbocycles. The van der Waals surface area contributed by atoms with Crippen molar-refractivity contribution in [2.24, 2.45) is 22.2 Å². The van der Waals surface area contributed by atoms with E-state index < -0.39 is 11.9 Å². The van der Waals surface area contributed by atoms with Crippen molar-refractivity contribution in [1.29, 1.82) is 0 Å². The molecule has 0 spiro atoms. The van der Waals surface area contributed by atoms with E-state index in [4.69, 9.17) is 0 Å². The highest BCUT2D eigenvalue weighted by molar-refractivity contribution is 5.94. The minimum atomic E-state index is -0.411. The number of esters is 2. The largest absolute Gasteiger partial charge is 0.393 e. The van der Waals surface area contributed by atoms with Gasteiger partial charge >= 0.3 is 11.9 Å². The molecule has 1 aliphatic heterocycles. The van der Waals surface area contributed by atoms with Crippen molar-refractivity contribution in [3.63, 3.8) is 0 Å². The summed E-state index contributed by atoms with van der Waals surface area (Å²) in [5, 5.41) is 0. The normalized spacial score (nSPS) is 20.6. The maximum absolute atomic E-state index is 11.6. The number of carbonyl (C=O) groups excluding carboxylic acids is 2. The fraction of sp³-hybridized carbons (Fsp3) is 0.778. The van der Waals surface area contributed by atoms with Gasteiger partial charge in [-0.25, -0.2) is 0 Å².